The van der Waals surface area contributed by atoms with E-state index in [9.17, 15) is 9.59 Å². The van der Waals surface area contributed by atoms with Crippen LogP contribution in [-0.4, -0.2) is 35.6 Å². The highest BCUT2D eigenvalue weighted by atomic mass is 35.5. The van der Waals surface area contributed by atoms with Crippen LogP contribution in [0.2, 0.25) is 5.02 Å². The van der Waals surface area contributed by atoms with Gasteiger partial charge >= 0.3 is 5.97 Å². The van der Waals surface area contributed by atoms with E-state index in [1.54, 1.807) is 41.3 Å². The lowest BCUT2D eigenvalue weighted by Gasteiger charge is -2.25. The summed E-state index contributed by atoms with van der Waals surface area (Å²) in [4.78, 5) is 25.8. The molecular formula is C24H21ClN2O5. The summed E-state index contributed by atoms with van der Waals surface area (Å²) in [5.74, 6) is 0.840. The van der Waals surface area contributed by atoms with Gasteiger partial charge in [0, 0.05) is 42.1 Å². The van der Waals surface area contributed by atoms with Gasteiger partial charge < -0.3 is 18.9 Å². The van der Waals surface area contributed by atoms with E-state index in [0.29, 0.717) is 41.8 Å². The predicted molar refractivity (Wildman–Crippen MR) is 119 cm³/mol. The molecular weight excluding hydrogens is 432 g/mol. The van der Waals surface area contributed by atoms with Crippen LogP contribution in [0.15, 0.2) is 53.1 Å². The Morgan fingerprint density at radius 3 is 2.66 bits per heavy atom. The van der Waals surface area contributed by atoms with Gasteiger partial charge in [-0.15, -0.1) is 0 Å². The summed E-state index contributed by atoms with van der Waals surface area (Å²) in [5.41, 5.74) is 3.39. The monoisotopic (exact) mass is 452 g/mol. The van der Waals surface area contributed by atoms with Crippen LogP contribution in [0.4, 0.5) is 0 Å². The number of hydrogen-bond donors (Lipinski definition) is 0. The zero-order valence-corrected chi connectivity index (χ0v) is 18.4. The lowest BCUT2D eigenvalue weighted by Crippen LogP contribution is -2.34. The van der Waals surface area contributed by atoms with Gasteiger partial charge in [0.25, 0.3) is 0 Å². The largest absolute Gasteiger partial charge is 0.493 e. The van der Waals surface area contributed by atoms with Crippen molar-refractivity contribution in [2.24, 2.45) is 0 Å². The summed E-state index contributed by atoms with van der Waals surface area (Å²) in [6.45, 7) is 2.29. The van der Waals surface area contributed by atoms with E-state index in [0.717, 1.165) is 22.4 Å². The van der Waals surface area contributed by atoms with Gasteiger partial charge in [-0.3, -0.25) is 9.59 Å². The summed E-state index contributed by atoms with van der Waals surface area (Å²) in [6.07, 6.45) is 3.84. The number of esters is 1. The standard InChI is InChI=1S/C24H21ClN2O5/c1-15(28)31-21-9-3-16(13-22(21)30-2)4-10-23(29)27-12-11-20-19(14-27)24(32-26-20)17-5-7-18(25)8-6-17/h3-10,13H,11-12,14H2,1-2H3/b10-4+. The molecule has 3 aromatic rings. The molecule has 0 N–H and O–H groups in total. The third-order valence-electron chi connectivity index (χ3n) is 5.11. The molecule has 2 aromatic carbocycles. The van der Waals surface area contributed by atoms with Crippen molar-refractivity contribution < 1.29 is 23.6 Å². The van der Waals surface area contributed by atoms with E-state index in [1.165, 1.54) is 20.1 Å². The third-order valence-corrected chi connectivity index (χ3v) is 5.37. The van der Waals surface area contributed by atoms with Crippen LogP contribution in [-0.2, 0) is 22.6 Å². The Bertz CT molecular complexity index is 1180. The quantitative estimate of drug-likeness (QED) is 0.321. The summed E-state index contributed by atoms with van der Waals surface area (Å²) >= 11 is 5.98. The molecule has 0 atom stereocenters. The Kier molecular flexibility index (Phi) is 6.28. The van der Waals surface area contributed by atoms with Crippen molar-refractivity contribution in [3.8, 4) is 22.8 Å². The first-order chi connectivity index (χ1) is 15.4. The predicted octanol–water partition coefficient (Wildman–Crippen LogP) is 4.53. The zero-order chi connectivity index (χ0) is 22.7. The fourth-order valence-corrected chi connectivity index (χ4v) is 3.65. The molecule has 7 nitrogen and oxygen atoms in total. The molecule has 2 heterocycles. The van der Waals surface area contributed by atoms with Crippen LogP contribution in [0.25, 0.3) is 17.4 Å². The van der Waals surface area contributed by atoms with Crippen molar-refractivity contribution in [3.63, 3.8) is 0 Å². The molecule has 8 heteroatoms. The Hall–Kier alpha value is -3.58. The van der Waals surface area contributed by atoms with Crippen molar-refractivity contribution in [2.75, 3.05) is 13.7 Å². The molecule has 1 aromatic heterocycles. The van der Waals surface area contributed by atoms with E-state index in [2.05, 4.69) is 5.16 Å². The molecule has 4 rings (SSSR count). The Labute approximate surface area is 190 Å². The second-order valence-corrected chi connectivity index (χ2v) is 7.73. The first-order valence-electron chi connectivity index (χ1n) is 10.0. The average molecular weight is 453 g/mol. The fourth-order valence-electron chi connectivity index (χ4n) is 3.53. The van der Waals surface area contributed by atoms with E-state index in [-0.39, 0.29) is 5.91 Å². The summed E-state index contributed by atoms with van der Waals surface area (Å²) in [6, 6.07) is 12.4. The molecule has 164 valence electrons. The van der Waals surface area contributed by atoms with Crippen LogP contribution in [0.5, 0.6) is 11.5 Å². The molecule has 0 aliphatic carbocycles. The first-order valence-corrected chi connectivity index (χ1v) is 10.4. The van der Waals surface area contributed by atoms with Gasteiger partial charge in [0.1, 0.15) is 0 Å². The molecule has 0 saturated carbocycles. The van der Waals surface area contributed by atoms with Crippen molar-refractivity contribution in [1.29, 1.82) is 0 Å². The molecule has 0 fully saturated rings. The highest BCUT2D eigenvalue weighted by Gasteiger charge is 2.26. The first kappa shape index (κ1) is 21.6. The number of carbonyl (C=O) groups excluding carboxylic acids is 2. The summed E-state index contributed by atoms with van der Waals surface area (Å²) in [5, 5.41) is 4.82. The smallest absolute Gasteiger partial charge is 0.308 e. The number of amides is 1. The number of methoxy groups -OCH3 is 1. The number of nitrogens with zero attached hydrogens (tertiary/aromatic N) is 2. The number of hydrogen-bond acceptors (Lipinski definition) is 6. The number of benzene rings is 2. The van der Waals surface area contributed by atoms with Gasteiger partial charge in [-0.05, 0) is 48.0 Å². The Morgan fingerprint density at radius 1 is 1.16 bits per heavy atom. The Morgan fingerprint density at radius 2 is 1.94 bits per heavy atom. The molecule has 32 heavy (non-hydrogen) atoms. The van der Waals surface area contributed by atoms with Crippen molar-refractivity contribution >= 4 is 29.6 Å². The van der Waals surface area contributed by atoms with Crippen molar-refractivity contribution in [2.45, 2.75) is 19.9 Å². The molecule has 0 bridgehead atoms. The average Bonchev–Trinajstić information content (AvgIpc) is 3.21. The maximum Gasteiger partial charge on any atom is 0.308 e. The van der Waals surface area contributed by atoms with Gasteiger partial charge in [-0.2, -0.15) is 0 Å². The molecule has 0 radical (unpaired) electrons. The molecule has 0 unspecified atom stereocenters. The van der Waals surface area contributed by atoms with Gasteiger partial charge in [-0.1, -0.05) is 22.8 Å². The SMILES string of the molecule is COc1cc(/C=C/C(=O)N2CCc3noc(-c4ccc(Cl)cc4)c3C2)ccc1OC(C)=O. The van der Waals surface area contributed by atoms with E-state index in [4.69, 9.17) is 25.6 Å². The van der Waals surface area contributed by atoms with Crippen LogP contribution >= 0.6 is 11.6 Å². The van der Waals surface area contributed by atoms with Crippen LogP contribution in [0.1, 0.15) is 23.7 Å². The second-order valence-electron chi connectivity index (χ2n) is 7.29. The number of ether oxygens (including phenoxy) is 2. The minimum atomic E-state index is -0.432. The van der Waals surface area contributed by atoms with Gasteiger partial charge in [-0.25, -0.2) is 0 Å². The van der Waals surface area contributed by atoms with Crippen molar-refractivity contribution in [1.82, 2.24) is 10.1 Å². The highest BCUT2D eigenvalue weighted by molar-refractivity contribution is 6.30. The van der Waals surface area contributed by atoms with Gasteiger partial charge in [0.05, 0.1) is 19.3 Å². The van der Waals surface area contributed by atoms with Crippen LogP contribution in [0.3, 0.4) is 0 Å². The normalized spacial score (nSPS) is 13.2. The van der Waals surface area contributed by atoms with Crippen LogP contribution < -0.4 is 9.47 Å². The number of aromatic nitrogens is 1. The molecule has 1 aliphatic rings. The lowest BCUT2D eigenvalue weighted by atomic mass is 10.0. The Balaban J connectivity index is 1.49. The fraction of sp³-hybridized carbons (Fsp3) is 0.208. The summed E-state index contributed by atoms with van der Waals surface area (Å²) < 4.78 is 15.9. The number of fused-ring (bicyclic) bond motifs is 1. The minimum Gasteiger partial charge on any atom is -0.493 e. The second kappa shape index (κ2) is 9.28. The molecule has 0 spiro atoms. The minimum absolute atomic E-state index is 0.123. The molecule has 0 saturated heterocycles. The summed E-state index contributed by atoms with van der Waals surface area (Å²) in [7, 11) is 1.49. The van der Waals surface area contributed by atoms with Gasteiger partial charge in [0.15, 0.2) is 17.3 Å². The third kappa shape index (κ3) is 4.68. The molecule has 1 aliphatic heterocycles. The van der Waals surface area contributed by atoms with Crippen molar-refractivity contribution in [3.05, 3.63) is 70.4 Å². The number of rotatable bonds is 5. The topological polar surface area (TPSA) is 81.9 Å². The lowest BCUT2D eigenvalue weighted by molar-refractivity contribution is -0.132. The highest BCUT2D eigenvalue weighted by Crippen LogP contribution is 2.32. The van der Waals surface area contributed by atoms with E-state index >= 15 is 0 Å². The zero-order valence-electron chi connectivity index (χ0n) is 17.6. The van der Waals surface area contributed by atoms with E-state index in [1.807, 2.05) is 12.1 Å². The maximum atomic E-state index is 12.8. The van der Waals surface area contributed by atoms with E-state index < -0.39 is 5.97 Å². The van der Waals surface area contributed by atoms with Gasteiger partial charge in [0.2, 0.25) is 5.91 Å². The molecule has 1 amide bonds. The van der Waals surface area contributed by atoms with Crippen LogP contribution in [0, 0.1) is 0 Å². The number of halogens is 1. The maximum absolute atomic E-state index is 12.8. The number of carbonyl (C=O) groups is 2.